The maximum absolute atomic E-state index is 13.1. The molecule has 32 heavy (non-hydrogen) atoms. The van der Waals surface area contributed by atoms with E-state index >= 15 is 0 Å². The number of carbonyl (C=O) groups excluding carboxylic acids is 4. The first kappa shape index (κ1) is 23.7. The van der Waals surface area contributed by atoms with E-state index < -0.39 is 43.1 Å². The molecular weight excluding hydrogens is 416 g/mol. The number of methoxy groups -OCH3 is 1. The molecule has 0 radical (unpaired) electrons. The number of ether oxygens (including phenoxy) is 2. The number of hydrogen-bond donors (Lipinski definition) is 2. The second-order valence-corrected chi connectivity index (χ2v) is 8.23. The van der Waals surface area contributed by atoms with E-state index in [1.165, 1.54) is 18.2 Å². The maximum Gasteiger partial charge on any atom is 0.331 e. The Hall–Kier alpha value is -2.94. The fourth-order valence-corrected chi connectivity index (χ4v) is 4.53. The first-order valence-electron chi connectivity index (χ1n) is 10.9. The Labute approximate surface area is 187 Å². The monoisotopic (exact) mass is 446 g/mol. The van der Waals surface area contributed by atoms with Crippen molar-refractivity contribution in [3.63, 3.8) is 0 Å². The summed E-state index contributed by atoms with van der Waals surface area (Å²) in [4.78, 5) is 50.4. The minimum atomic E-state index is -1.25. The molecule has 1 aliphatic carbocycles. The lowest BCUT2D eigenvalue weighted by Gasteiger charge is -2.27. The van der Waals surface area contributed by atoms with E-state index in [4.69, 9.17) is 4.74 Å². The molecule has 0 bridgehead atoms. The average molecular weight is 447 g/mol. The zero-order chi connectivity index (χ0) is 23.3. The molecule has 3 rings (SSSR count). The summed E-state index contributed by atoms with van der Waals surface area (Å²) in [6.45, 7) is 0.362. The van der Waals surface area contributed by atoms with Gasteiger partial charge in [-0.25, -0.2) is 4.79 Å². The first-order chi connectivity index (χ1) is 15.4. The first-order valence-corrected chi connectivity index (χ1v) is 10.9. The number of amides is 2. The van der Waals surface area contributed by atoms with Crippen molar-refractivity contribution in [3.8, 4) is 0 Å². The molecule has 0 saturated heterocycles. The van der Waals surface area contributed by atoms with Crippen LogP contribution >= 0.6 is 0 Å². The molecule has 9 nitrogen and oxygen atoms in total. The highest BCUT2D eigenvalue weighted by Gasteiger charge is 2.39. The van der Waals surface area contributed by atoms with E-state index in [-0.39, 0.29) is 12.5 Å². The molecular formula is C23H30N2O7. The summed E-state index contributed by atoms with van der Waals surface area (Å²) in [5.74, 6) is -2.09. The van der Waals surface area contributed by atoms with E-state index in [0.29, 0.717) is 11.5 Å². The lowest BCUT2D eigenvalue weighted by Crippen LogP contribution is -2.54. The lowest BCUT2D eigenvalue weighted by molar-refractivity contribution is -0.151. The Morgan fingerprint density at radius 1 is 1.22 bits per heavy atom. The normalized spacial score (nSPS) is 18.0. The quantitative estimate of drug-likeness (QED) is 0.577. The number of aliphatic hydroxyl groups is 1. The molecule has 1 aromatic rings. The van der Waals surface area contributed by atoms with Crippen molar-refractivity contribution < 1.29 is 33.8 Å². The number of fused-ring (bicyclic) bond motifs is 1. The topological polar surface area (TPSA) is 122 Å². The van der Waals surface area contributed by atoms with Crippen LogP contribution in [0.15, 0.2) is 18.2 Å². The lowest BCUT2D eigenvalue weighted by atomic mass is 9.81. The molecule has 174 valence electrons. The van der Waals surface area contributed by atoms with Crippen molar-refractivity contribution >= 4 is 23.8 Å². The number of aliphatic hydroxyl groups excluding tert-OH is 1. The fourth-order valence-electron chi connectivity index (χ4n) is 4.53. The van der Waals surface area contributed by atoms with Gasteiger partial charge in [-0.1, -0.05) is 31.4 Å². The Bertz CT molecular complexity index is 879. The van der Waals surface area contributed by atoms with Gasteiger partial charge in [0.25, 0.3) is 5.91 Å². The van der Waals surface area contributed by atoms with Crippen LogP contribution in [0.2, 0.25) is 0 Å². The van der Waals surface area contributed by atoms with Crippen LogP contribution in [0.3, 0.4) is 0 Å². The molecule has 2 atom stereocenters. The van der Waals surface area contributed by atoms with E-state index in [0.717, 1.165) is 43.9 Å². The summed E-state index contributed by atoms with van der Waals surface area (Å²) < 4.78 is 9.47. The second-order valence-electron chi connectivity index (χ2n) is 8.23. The molecule has 2 amide bonds. The van der Waals surface area contributed by atoms with Gasteiger partial charge in [0.1, 0.15) is 12.6 Å². The van der Waals surface area contributed by atoms with Gasteiger partial charge in [-0.3, -0.25) is 14.4 Å². The van der Waals surface area contributed by atoms with Crippen LogP contribution in [-0.4, -0.2) is 66.2 Å². The molecule has 0 unspecified atom stereocenters. The van der Waals surface area contributed by atoms with Crippen LogP contribution in [0, 0.1) is 0 Å². The highest BCUT2D eigenvalue weighted by atomic mass is 16.5. The van der Waals surface area contributed by atoms with Gasteiger partial charge in [0.15, 0.2) is 6.04 Å². The number of rotatable bonds is 8. The van der Waals surface area contributed by atoms with E-state index in [1.54, 1.807) is 6.07 Å². The van der Waals surface area contributed by atoms with Crippen LogP contribution in [0.5, 0.6) is 0 Å². The second kappa shape index (κ2) is 10.6. The Morgan fingerprint density at radius 2 is 1.94 bits per heavy atom. The van der Waals surface area contributed by atoms with Crippen LogP contribution < -0.4 is 5.32 Å². The summed E-state index contributed by atoms with van der Waals surface area (Å²) >= 11 is 0. The summed E-state index contributed by atoms with van der Waals surface area (Å²) in [6.07, 6.45) is 5.69. The summed E-state index contributed by atoms with van der Waals surface area (Å²) in [5, 5.41) is 12.4. The summed E-state index contributed by atoms with van der Waals surface area (Å²) in [5.41, 5.74) is 2.58. The molecule has 1 aliphatic heterocycles. The third-order valence-corrected chi connectivity index (χ3v) is 6.18. The maximum atomic E-state index is 13.1. The van der Waals surface area contributed by atoms with Gasteiger partial charge >= 0.3 is 11.9 Å². The van der Waals surface area contributed by atoms with Gasteiger partial charge in [0, 0.05) is 19.0 Å². The van der Waals surface area contributed by atoms with E-state index in [2.05, 4.69) is 10.1 Å². The smallest absolute Gasteiger partial charge is 0.331 e. The predicted octanol–water partition coefficient (Wildman–Crippen LogP) is 1.27. The van der Waals surface area contributed by atoms with E-state index in [1.807, 2.05) is 12.1 Å². The number of carbonyl (C=O) groups is 4. The van der Waals surface area contributed by atoms with Gasteiger partial charge < -0.3 is 24.8 Å². The fraction of sp³-hybridized carbons (Fsp3) is 0.565. The SMILES string of the molecule is COC(=O)[C@H](COC(C)=O)NC(=O)[C@H](CO)N1Cc2c(cccc2C2CCCCC2)C1=O. The number of benzene rings is 1. The molecule has 1 heterocycles. The van der Waals surface area contributed by atoms with Crippen LogP contribution in [0.4, 0.5) is 0 Å². The molecule has 0 spiro atoms. The predicted molar refractivity (Wildman–Crippen MR) is 114 cm³/mol. The zero-order valence-corrected chi connectivity index (χ0v) is 18.5. The Kier molecular flexibility index (Phi) is 7.84. The Balaban J connectivity index is 1.77. The van der Waals surface area contributed by atoms with Crippen LogP contribution in [-0.2, 0) is 30.4 Å². The minimum Gasteiger partial charge on any atom is -0.467 e. The van der Waals surface area contributed by atoms with Crippen LogP contribution in [0.1, 0.15) is 66.4 Å². The van der Waals surface area contributed by atoms with Crippen molar-refractivity contribution in [2.75, 3.05) is 20.3 Å². The number of nitrogens with zero attached hydrogens (tertiary/aromatic N) is 1. The van der Waals surface area contributed by atoms with Crippen molar-refractivity contribution in [3.05, 3.63) is 34.9 Å². The molecule has 2 N–H and O–H groups in total. The molecule has 1 fully saturated rings. The van der Waals surface area contributed by atoms with Gasteiger partial charge in [-0.05, 0) is 36.0 Å². The average Bonchev–Trinajstić information content (AvgIpc) is 3.13. The molecule has 1 aromatic carbocycles. The van der Waals surface area contributed by atoms with Gasteiger partial charge in [0.2, 0.25) is 5.91 Å². The summed E-state index contributed by atoms with van der Waals surface area (Å²) in [7, 11) is 1.15. The highest BCUT2D eigenvalue weighted by molar-refractivity contribution is 6.02. The third-order valence-electron chi connectivity index (χ3n) is 6.18. The standard InChI is InChI=1S/C23H30N2O7/c1-14(27)32-13-19(23(30)31-2)24-21(28)20(12-26)25-11-18-16(15-7-4-3-5-8-15)9-6-10-17(18)22(25)29/h6,9-10,15,19-20,26H,3-5,7-8,11-13H2,1-2H3,(H,24,28)/t19-,20-/m0/s1. The number of nitrogens with one attached hydrogen (secondary N) is 1. The van der Waals surface area contributed by atoms with Crippen molar-refractivity contribution in [2.24, 2.45) is 0 Å². The van der Waals surface area contributed by atoms with Crippen LogP contribution in [0.25, 0.3) is 0 Å². The van der Waals surface area contributed by atoms with Gasteiger partial charge in [-0.15, -0.1) is 0 Å². The largest absolute Gasteiger partial charge is 0.467 e. The Morgan fingerprint density at radius 3 is 2.56 bits per heavy atom. The number of hydrogen-bond acceptors (Lipinski definition) is 7. The summed E-state index contributed by atoms with van der Waals surface area (Å²) in [6, 6.07) is 3.21. The molecule has 2 aliphatic rings. The zero-order valence-electron chi connectivity index (χ0n) is 18.5. The van der Waals surface area contributed by atoms with Crippen molar-refractivity contribution in [2.45, 2.75) is 63.6 Å². The molecule has 0 aromatic heterocycles. The molecule has 9 heteroatoms. The third kappa shape index (κ3) is 5.09. The highest BCUT2D eigenvalue weighted by Crippen LogP contribution is 2.38. The van der Waals surface area contributed by atoms with Crippen molar-refractivity contribution in [1.29, 1.82) is 0 Å². The minimum absolute atomic E-state index is 0.215. The molecule has 1 saturated carbocycles. The number of esters is 2. The van der Waals surface area contributed by atoms with Gasteiger partial charge in [-0.2, -0.15) is 0 Å². The van der Waals surface area contributed by atoms with E-state index in [9.17, 15) is 24.3 Å². The van der Waals surface area contributed by atoms with Crippen molar-refractivity contribution in [1.82, 2.24) is 10.2 Å². The van der Waals surface area contributed by atoms with Gasteiger partial charge in [0.05, 0.1) is 13.7 Å².